The lowest BCUT2D eigenvalue weighted by molar-refractivity contribution is 1.32. The van der Waals surface area contributed by atoms with E-state index in [0.717, 1.165) is 6.42 Å². The van der Waals surface area contributed by atoms with Crippen molar-refractivity contribution in [1.82, 2.24) is 0 Å². The van der Waals surface area contributed by atoms with Gasteiger partial charge in [-0.25, -0.2) is 0 Å². The van der Waals surface area contributed by atoms with Crippen LogP contribution in [0, 0.1) is 0 Å². The first kappa shape index (κ1) is 10.7. The van der Waals surface area contributed by atoms with Crippen LogP contribution in [-0.2, 0) is 0 Å². The smallest absolute Gasteiger partial charge is 0.0359 e. The van der Waals surface area contributed by atoms with Crippen molar-refractivity contribution in [3.8, 4) is 0 Å². The second-order valence-electron chi connectivity index (χ2n) is 3.71. The lowest BCUT2D eigenvalue weighted by Crippen LogP contribution is -1.92. The van der Waals surface area contributed by atoms with Gasteiger partial charge in [0.15, 0.2) is 0 Å². The summed E-state index contributed by atoms with van der Waals surface area (Å²) < 4.78 is 0. The van der Waals surface area contributed by atoms with Crippen LogP contribution in [0.15, 0.2) is 57.9 Å². The van der Waals surface area contributed by atoms with E-state index in [2.05, 4.69) is 46.1 Å². The average Bonchev–Trinajstić information content (AvgIpc) is 3.04. The molecule has 0 spiro atoms. The molecule has 0 aromatic carbocycles. The molecule has 3 rings (SSSR count). The number of aliphatic imine (C=N–C) groups is 1. The standard InChI is InChI=1S/C14H11NS2/c1-3-12(16-9-1)14(13-4-2-10-17-13)11-5-7-15-8-6-11/h1-5,7-10H,6H2. The molecule has 0 amide bonds. The van der Waals surface area contributed by atoms with Crippen LogP contribution < -0.4 is 0 Å². The van der Waals surface area contributed by atoms with Gasteiger partial charge in [0, 0.05) is 34.2 Å². The minimum Gasteiger partial charge on any atom is -0.269 e. The van der Waals surface area contributed by atoms with E-state index in [1.807, 2.05) is 12.4 Å². The topological polar surface area (TPSA) is 12.4 Å². The van der Waals surface area contributed by atoms with Crippen LogP contribution in [0.2, 0.25) is 0 Å². The molecule has 2 aromatic rings. The average molecular weight is 257 g/mol. The van der Waals surface area contributed by atoms with Crippen molar-refractivity contribution in [3.05, 3.63) is 62.6 Å². The highest BCUT2D eigenvalue weighted by atomic mass is 32.1. The van der Waals surface area contributed by atoms with E-state index in [1.165, 1.54) is 20.9 Å². The maximum absolute atomic E-state index is 4.14. The fourth-order valence-electron chi connectivity index (χ4n) is 1.88. The maximum atomic E-state index is 4.14. The Morgan fingerprint density at radius 2 is 1.76 bits per heavy atom. The second-order valence-corrected chi connectivity index (χ2v) is 5.60. The van der Waals surface area contributed by atoms with Crippen LogP contribution in [0.4, 0.5) is 0 Å². The largest absolute Gasteiger partial charge is 0.269 e. The van der Waals surface area contributed by atoms with E-state index in [1.54, 1.807) is 22.7 Å². The monoisotopic (exact) mass is 257 g/mol. The van der Waals surface area contributed by atoms with Gasteiger partial charge in [0.05, 0.1) is 0 Å². The lowest BCUT2D eigenvalue weighted by Gasteiger charge is -2.10. The van der Waals surface area contributed by atoms with Gasteiger partial charge in [0.25, 0.3) is 0 Å². The Balaban J connectivity index is 2.15. The fourth-order valence-corrected chi connectivity index (χ4v) is 3.58. The third kappa shape index (κ3) is 2.16. The summed E-state index contributed by atoms with van der Waals surface area (Å²) in [7, 11) is 0. The molecule has 0 saturated carbocycles. The number of hydrogen-bond acceptors (Lipinski definition) is 3. The molecule has 1 nitrogen and oxygen atoms in total. The van der Waals surface area contributed by atoms with Crippen molar-refractivity contribution in [3.63, 3.8) is 0 Å². The Bertz CT molecular complexity index is 536. The van der Waals surface area contributed by atoms with E-state index in [0.29, 0.717) is 0 Å². The predicted molar refractivity (Wildman–Crippen MR) is 76.9 cm³/mol. The van der Waals surface area contributed by atoms with E-state index in [9.17, 15) is 0 Å². The van der Waals surface area contributed by atoms with Crippen molar-refractivity contribution >= 4 is 34.5 Å². The molecule has 0 unspecified atom stereocenters. The van der Waals surface area contributed by atoms with Crippen LogP contribution in [0.3, 0.4) is 0 Å². The summed E-state index contributed by atoms with van der Waals surface area (Å²) in [6.07, 6.45) is 6.88. The first-order valence-corrected chi connectivity index (χ1v) is 7.20. The first-order valence-electron chi connectivity index (χ1n) is 5.44. The first-order chi connectivity index (χ1) is 8.45. The highest BCUT2D eigenvalue weighted by Crippen LogP contribution is 2.34. The second kappa shape index (κ2) is 4.82. The molecule has 0 N–H and O–H groups in total. The number of allylic oxidation sites excluding steroid dienone is 2. The van der Waals surface area contributed by atoms with E-state index >= 15 is 0 Å². The molecule has 3 heterocycles. The molecular weight excluding hydrogens is 246 g/mol. The maximum Gasteiger partial charge on any atom is 0.0359 e. The fraction of sp³-hybridized carbons (Fsp3) is 0.0714. The van der Waals surface area contributed by atoms with Crippen molar-refractivity contribution in [2.75, 3.05) is 0 Å². The molecule has 0 fully saturated rings. The molecule has 0 bridgehead atoms. The minimum absolute atomic E-state index is 0.918. The van der Waals surface area contributed by atoms with Gasteiger partial charge in [-0.05, 0) is 34.5 Å². The Kier molecular flexibility index (Phi) is 3.03. The molecule has 84 valence electrons. The molecule has 1 aliphatic heterocycles. The van der Waals surface area contributed by atoms with Gasteiger partial charge in [0.1, 0.15) is 0 Å². The van der Waals surface area contributed by atoms with Crippen molar-refractivity contribution in [2.45, 2.75) is 6.42 Å². The molecule has 17 heavy (non-hydrogen) atoms. The molecule has 1 aliphatic rings. The van der Waals surface area contributed by atoms with Crippen LogP contribution in [0.25, 0.3) is 5.57 Å². The molecule has 0 aliphatic carbocycles. The molecule has 3 heteroatoms. The van der Waals surface area contributed by atoms with E-state index in [-0.39, 0.29) is 0 Å². The van der Waals surface area contributed by atoms with E-state index in [4.69, 9.17) is 0 Å². The minimum atomic E-state index is 0.918. The van der Waals surface area contributed by atoms with Crippen molar-refractivity contribution < 1.29 is 0 Å². The predicted octanol–water partition coefficient (Wildman–Crippen LogP) is 4.60. The van der Waals surface area contributed by atoms with Crippen LogP contribution in [0.1, 0.15) is 16.2 Å². The number of hydrogen-bond donors (Lipinski definition) is 0. The van der Waals surface area contributed by atoms with Crippen molar-refractivity contribution in [1.29, 1.82) is 0 Å². The Labute approximate surface area is 108 Å². The van der Waals surface area contributed by atoms with Gasteiger partial charge in [-0.3, -0.25) is 4.99 Å². The zero-order valence-corrected chi connectivity index (χ0v) is 10.8. The van der Waals surface area contributed by atoms with Gasteiger partial charge in [0.2, 0.25) is 0 Å². The number of thiophene rings is 2. The van der Waals surface area contributed by atoms with E-state index < -0.39 is 0 Å². The van der Waals surface area contributed by atoms with Crippen LogP contribution >= 0.6 is 22.7 Å². The lowest BCUT2D eigenvalue weighted by atomic mass is 10.0. The van der Waals surface area contributed by atoms with Gasteiger partial charge in [-0.1, -0.05) is 12.1 Å². The Morgan fingerprint density at radius 1 is 1.06 bits per heavy atom. The normalized spacial score (nSPS) is 14.2. The van der Waals surface area contributed by atoms with Gasteiger partial charge < -0.3 is 0 Å². The third-order valence-corrected chi connectivity index (χ3v) is 4.41. The molecular formula is C14H11NS2. The van der Waals surface area contributed by atoms with Gasteiger partial charge >= 0.3 is 0 Å². The van der Waals surface area contributed by atoms with Crippen LogP contribution in [-0.4, -0.2) is 6.21 Å². The zero-order valence-electron chi connectivity index (χ0n) is 9.17. The van der Waals surface area contributed by atoms with Crippen LogP contribution in [0.5, 0.6) is 0 Å². The van der Waals surface area contributed by atoms with Crippen molar-refractivity contribution in [2.24, 2.45) is 4.99 Å². The summed E-state index contributed by atoms with van der Waals surface area (Å²) in [5.74, 6) is 0. The molecule has 0 atom stereocenters. The Morgan fingerprint density at radius 3 is 2.24 bits per heavy atom. The SMILES string of the molecule is C1=CC(=C(c2cccs2)c2cccs2)CC=N1. The molecule has 0 radical (unpaired) electrons. The summed E-state index contributed by atoms with van der Waals surface area (Å²) in [5, 5.41) is 4.26. The highest BCUT2D eigenvalue weighted by Gasteiger charge is 2.12. The quantitative estimate of drug-likeness (QED) is 0.745. The summed E-state index contributed by atoms with van der Waals surface area (Å²) in [6, 6.07) is 8.59. The summed E-state index contributed by atoms with van der Waals surface area (Å²) in [4.78, 5) is 6.81. The summed E-state index contributed by atoms with van der Waals surface area (Å²) >= 11 is 3.59. The summed E-state index contributed by atoms with van der Waals surface area (Å²) in [5.41, 5.74) is 2.71. The van der Waals surface area contributed by atoms with Gasteiger partial charge in [-0.15, -0.1) is 22.7 Å². The Hall–Kier alpha value is -1.45. The summed E-state index contributed by atoms with van der Waals surface area (Å²) in [6.45, 7) is 0. The highest BCUT2D eigenvalue weighted by molar-refractivity contribution is 7.13. The zero-order chi connectivity index (χ0) is 11.5. The molecule has 0 saturated heterocycles. The van der Waals surface area contributed by atoms with Gasteiger partial charge in [-0.2, -0.15) is 0 Å². The number of rotatable bonds is 2. The third-order valence-electron chi connectivity index (χ3n) is 2.63. The molecule has 2 aromatic heterocycles. The number of nitrogens with zero attached hydrogens (tertiary/aromatic N) is 1.